The molecule has 0 amide bonds. The highest BCUT2D eigenvalue weighted by molar-refractivity contribution is 9.10. The number of nitrogens with one attached hydrogen (secondary N) is 1. The van der Waals surface area contributed by atoms with Crippen LogP contribution < -0.4 is 5.32 Å². The maximum Gasteiger partial charge on any atom is 0.270 e. The van der Waals surface area contributed by atoms with Crippen LogP contribution in [-0.4, -0.2) is 10.5 Å². The molecule has 2 rings (SSSR count). The highest BCUT2D eigenvalue weighted by Crippen LogP contribution is 2.32. The predicted octanol–water partition coefficient (Wildman–Crippen LogP) is 3.39. The Hall–Kier alpha value is -0.940. The van der Waals surface area contributed by atoms with Crippen LogP contribution in [0.4, 0.5) is 5.69 Å². The van der Waals surface area contributed by atoms with E-state index in [1.165, 1.54) is 19.3 Å². The zero-order chi connectivity index (χ0) is 12.5. The molecule has 1 N–H and O–H groups in total. The van der Waals surface area contributed by atoms with Crippen molar-refractivity contribution >= 4 is 21.6 Å². The van der Waals surface area contributed by atoms with Crippen LogP contribution in [0.15, 0.2) is 22.7 Å². The van der Waals surface area contributed by atoms with E-state index >= 15 is 0 Å². The summed E-state index contributed by atoms with van der Waals surface area (Å²) in [6, 6.07) is 4.91. The van der Waals surface area contributed by atoms with Gasteiger partial charge in [-0.3, -0.25) is 10.1 Å². The van der Waals surface area contributed by atoms with Crippen LogP contribution in [0, 0.1) is 10.1 Å². The third-order valence-corrected chi connectivity index (χ3v) is 4.15. The van der Waals surface area contributed by atoms with Gasteiger partial charge >= 0.3 is 0 Å². The van der Waals surface area contributed by atoms with Gasteiger partial charge in [-0.1, -0.05) is 15.9 Å². The minimum atomic E-state index is -0.380. The fourth-order valence-corrected chi connectivity index (χ4v) is 2.49. The average Bonchev–Trinajstić information content (AvgIpc) is 2.24. The first-order valence-electron chi connectivity index (χ1n) is 5.68. The van der Waals surface area contributed by atoms with Gasteiger partial charge in [0.1, 0.15) is 0 Å². The monoisotopic (exact) mass is 298 g/mol. The summed E-state index contributed by atoms with van der Waals surface area (Å²) in [5.41, 5.74) is 1.43. The van der Waals surface area contributed by atoms with Gasteiger partial charge in [0.15, 0.2) is 0 Å². The molecule has 17 heavy (non-hydrogen) atoms. The number of hydrogen-bond acceptors (Lipinski definition) is 3. The second-order valence-corrected chi connectivity index (χ2v) is 5.65. The molecule has 0 unspecified atom stereocenters. The Kier molecular flexibility index (Phi) is 3.49. The van der Waals surface area contributed by atoms with E-state index in [0.717, 1.165) is 16.6 Å². The standard InChI is InChI=1S/C12H15BrN2O2/c1-12(5-2-6-12)14-8-9-3-4-10(15(16)17)7-11(9)13/h3-4,7,14H,2,5-6,8H2,1H3. The number of benzene rings is 1. The Balaban J connectivity index is 2.03. The number of nitro groups is 1. The number of hydrogen-bond donors (Lipinski definition) is 1. The van der Waals surface area contributed by atoms with E-state index in [-0.39, 0.29) is 16.1 Å². The molecule has 0 spiro atoms. The van der Waals surface area contributed by atoms with E-state index in [1.807, 2.05) is 0 Å². The van der Waals surface area contributed by atoms with Crippen LogP contribution in [0.25, 0.3) is 0 Å². The molecule has 0 radical (unpaired) electrons. The maximum absolute atomic E-state index is 10.6. The molecule has 1 aliphatic carbocycles. The fourth-order valence-electron chi connectivity index (χ4n) is 1.99. The Labute approximate surface area is 109 Å². The van der Waals surface area contributed by atoms with Crippen LogP contribution in [0.1, 0.15) is 31.7 Å². The molecule has 0 bridgehead atoms. The van der Waals surface area contributed by atoms with Gasteiger partial charge in [-0.15, -0.1) is 0 Å². The lowest BCUT2D eigenvalue weighted by Gasteiger charge is -2.39. The van der Waals surface area contributed by atoms with E-state index in [0.29, 0.717) is 0 Å². The first kappa shape index (κ1) is 12.5. The third kappa shape index (κ3) is 2.84. The molecule has 0 atom stereocenters. The number of non-ortho nitro benzene ring substituents is 1. The van der Waals surface area contributed by atoms with Crippen LogP contribution in [-0.2, 0) is 6.54 Å². The minimum absolute atomic E-state index is 0.121. The summed E-state index contributed by atoms with van der Waals surface area (Å²) in [6.45, 7) is 2.96. The Morgan fingerprint density at radius 2 is 2.24 bits per heavy atom. The first-order chi connectivity index (χ1) is 8.00. The number of nitrogens with zero attached hydrogens (tertiary/aromatic N) is 1. The van der Waals surface area contributed by atoms with E-state index < -0.39 is 0 Å². The van der Waals surface area contributed by atoms with Crippen molar-refractivity contribution in [1.82, 2.24) is 5.32 Å². The summed E-state index contributed by atoms with van der Waals surface area (Å²) < 4.78 is 0.794. The van der Waals surface area contributed by atoms with Crippen molar-refractivity contribution in [3.63, 3.8) is 0 Å². The predicted molar refractivity (Wildman–Crippen MR) is 69.9 cm³/mol. The molecule has 0 aromatic heterocycles. The van der Waals surface area contributed by atoms with Crippen molar-refractivity contribution in [3.05, 3.63) is 38.3 Å². The lowest BCUT2D eigenvalue weighted by Crippen LogP contribution is -2.47. The van der Waals surface area contributed by atoms with Gasteiger partial charge in [0.05, 0.1) is 4.92 Å². The summed E-state index contributed by atoms with van der Waals surface area (Å²) in [4.78, 5) is 10.2. The molecule has 0 saturated heterocycles. The van der Waals surface area contributed by atoms with Crippen LogP contribution in [0.3, 0.4) is 0 Å². The Bertz CT molecular complexity index is 444. The SMILES string of the molecule is CC1(NCc2ccc([N+](=O)[O-])cc2Br)CCC1. The lowest BCUT2D eigenvalue weighted by atomic mass is 9.78. The largest absolute Gasteiger partial charge is 0.307 e. The van der Waals surface area contributed by atoms with Crippen LogP contribution in [0.5, 0.6) is 0 Å². The van der Waals surface area contributed by atoms with Gasteiger partial charge in [0.25, 0.3) is 5.69 Å². The second kappa shape index (κ2) is 4.74. The average molecular weight is 299 g/mol. The Morgan fingerprint density at radius 1 is 1.53 bits per heavy atom. The van der Waals surface area contributed by atoms with E-state index in [9.17, 15) is 10.1 Å². The van der Waals surface area contributed by atoms with Gasteiger partial charge in [-0.25, -0.2) is 0 Å². The topological polar surface area (TPSA) is 55.2 Å². The third-order valence-electron chi connectivity index (χ3n) is 3.41. The van der Waals surface area contributed by atoms with Gasteiger partial charge in [-0.2, -0.15) is 0 Å². The van der Waals surface area contributed by atoms with Gasteiger partial charge < -0.3 is 5.32 Å². The molecule has 1 aromatic rings. The fraction of sp³-hybridized carbons (Fsp3) is 0.500. The zero-order valence-corrected chi connectivity index (χ0v) is 11.3. The summed E-state index contributed by atoms with van der Waals surface area (Å²) in [5.74, 6) is 0. The molecule has 1 fully saturated rings. The van der Waals surface area contributed by atoms with E-state index in [2.05, 4.69) is 28.2 Å². The Morgan fingerprint density at radius 3 is 2.71 bits per heavy atom. The van der Waals surface area contributed by atoms with Crippen LogP contribution >= 0.6 is 15.9 Å². The highest BCUT2D eigenvalue weighted by atomic mass is 79.9. The van der Waals surface area contributed by atoms with Crippen molar-refractivity contribution < 1.29 is 4.92 Å². The van der Waals surface area contributed by atoms with Crippen molar-refractivity contribution in [2.45, 2.75) is 38.3 Å². The van der Waals surface area contributed by atoms with Crippen molar-refractivity contribution in [2.24, 2.45) is 0 Å². The normalized spacial score (nSPS) is 17.5. The molecular formula is C12H15BrN2O2. The molecule has 1 saturated carbocycles. The van der Waals surface area contributed by atoms with Gasteiger partial charge in [0.2, 0.25) is 0 Å². The maximum atomic E-state index is 10.6. The number of halogens is 1. The van der Waals surface area contributed by atoms with Gasteiger partial charge in [0, 0.05) is 28.7 Å². The number of nitro benzene ring substituents is 1. The minimum Gasteiger partial charge on any atom is -0.307 e. The lowest BCUT2D eigenvalue weighted by molar-refractivity contribution is -0.384. The highest BCUT2D eigenvalue weighted by Gasteiger charge is 2.30. The zero-order valence-electron chi connectivity index (χ0n) is 9.70. The molecule has 1 aromatic carbocycles. The van der Waals surface area contributed by atoms with Crippen LogP contribution in [0.2, 0.25) is 0 Å². The van der Waals surface area contributed by atoms with Crippen molar-refractivity contribution in [2.75, 3.05) is 0 Å². The van der Waals surface area contributed by atoms with E-state index in [4.69, 9.17) is 0 Å². The summed E-state index contributed by atoms with van der Waals surface area (Å²) in [7, 11) is 0. The van der Waals surface area contributed by atoms with Crippen molar-refractivity contribution in [3.8, 4) is 0 Å². The van der Waals surface area contributed by atoms with Gasteiger partial charge in [-0.05, 0) is 37.8 Å². The quantitative estimate of drug-likeness (QED) is 0.685. The molecule has 1 aliphatic rings. The summed E-state index contributed by atoms with van der Waals surface area (Å²) >= 11 is 3.38. The molecular weight excluding hydrogens is 284 g/mol. The summed E-state index contributed by atoms with van der Waals surface area (Å²) in [6.07, 6.45) is 3.69. The first-order valence-corrected chi connectivity index (χ1v) is 6.47. The molecule has 0 heterocycles. The second-order valence-electron chi connectivity index (χ2n) is 4.80. The smallest absolute Gasteiger partial charge is 0.270 e. The van der Waals surface area contributed by atoms with E-state index in [1.54, 1.807) is 18.2 Å². The number of rotatable bonds is 4. The molecule has 92 valence electrons. The molecule has 5 heteroatoms. The molecule has 4 nitrogen and oxygen atoms in total. The summed E-state index contributed by atoms with van der Waals surface area (Å²) in [5, 5.41) is 14.1. The molecule has 0 aliphatic heterocycles. The van der Waals surface area contributed by atoms with Crippen molar-refractivity contribution in [1.29, 1.82) is 0 Å².